The third kappa shape index (κ3) is 4.02. The van der Waals surface area contributed by atoms with Crippen LogP contribution in [0, 0.1) is 0 Å². The minimum Gasteiger partial charge on any atom is -0.374 e. The largest absolute Gasteiger partial charge is 0.424 e. The van der Waals surface area contributed by atoms with Crippen molar-refractivity contribution in [1.29, 1.82) is 0 Å². The molecule has 1 amide bonds. The van der Waals surface area contributed by atoms with Crippen LogP contribution >= 0.6 is 0 Å². The van der Waals surface area contributed by atoms with Crippen LogP contribution in [0.2, 0.25) is 0 Å². The Hall–Kier alpha value is -3.14. The average Bonchev–Trinajstić information content (AvgIpc) is 3.44. The van der Waals surface area contributed by atoms with E-state index in [0.29, 0.717) is 11.4 Å². The predicted molar refractivity (Wildman–Crippen MR) is 113 cm³/mol. The first kappa shape index (κ1) is 22.1. The number of nitrogens with one attached hydrogen (secondary N) is 1. The van der Waals surface area contributed by atoms with Gasteiger partial charge in [-0.15, -0.1) is 0 Å². The molecule has 0 spiro atoms. The Kier molecular flexibility index (Phi) is 5.81. The Morgan fingerprint density at radius 1 is 1.22 bits per heavy atom. The van der Waals surface area contributed by atoms with Crippen molar-refractivity contribution < 1.29 is 23.1 Å². The zero-order chi connectivity index (χ0) is 22.9. The molecule has 1 aliphatic rings. The lowest BCUT2D eigenvalue weighted by Crippen LogP contribution is -2.46. The topological polar surface area (TPSA) is 83.3 Å². The highest BCUT2D eigenvalue weighted by atomic mass is 19.4. The Morgan fingerprint density at radius 2 is 1.94 bits per heavy atom. The van der Waals surface area contributed by atoms with E-state index in [1.165, 1.54) is 19.4 Å². The van der Waals surface area contributed by atoms with Crippen LogP contribution in [0.5, 0.6) is 0 Å². The Morgan fingerprint density at radius 3 is 2.59 bits per heavy atom. The molecular weight excluding hydrogens is 423 g/mol. The number of carbonyl (C=O) groups is 1. The van der Waals surface area contributed by atoms with Crippen LogP contribution in [0.3, 0.4) is 0 Å². The zero-order valence-corrected chi connectivity index (χ0v) is 17.6. The van der Waals surface area contributed by atoms with Crippen LogP contribution < -0.4 is 10.2 Å². The highest BCUT2D eigenvalue weighted by molar-refractivity contribution is 6.02. The minimum atomic E-state index is -4.96. The molecule has 0 radical (unpaired) electrons. The van der Waals surface area contributed by atoms with Gasteiger partial charge in [0, 0.05) is 50.9 Å². The van der Waals surface area contributed by atoms with Gasteiger partial charge in [-0.3, -0.25) is 4.79 Å². The molecule has 1 fully saturated rings. The summed E-state index contributed by atoms with van der Waals surface area (Å²) in [6, 6.07) is 9.08. The van der Waals surface area contributed by atoms with Crippen molar-refractivity contribution in [2.45, 2.75) is 31.0 Å². The first-order valence-electron chi connectivity index (χ1n) is 10.4. The fourth-order valence-electron chi connectivity index (χ4n) is 4.04. The van der Waals surface area contributed by atoms with Gasteiger partial charge in [0.2, 0.25) is 5.60 Å². The number of hydrogen-bond donors (Lipinski definition) is 2. The van der Waals surface area contributed by atoms with Gasteiger partial charge in [0.25, 0.3) is 5.91 Å². The van der Waals surface area contributed by atoms with Crippen LogP contribution in [0.25, 0.3) is 10.9 Å². The van der Waals surface area contributed by atoms with Crippen molar-refractivity contribution in [3.63, 3.8) is 0 Å². The highest BCUT2D eigenvalue weighted by Crippen LogP contribution is 2.40. The SMILES string of the molecule is Cn1ccnc1C(O)(CCNC(=O)c1cc2ccccc2nc1N1CCCC1)C(F)(F)F. The number of nitrogens with zero attached hydrogens (tertiary/aromatic N) is 4. The molecule has 0 saturated carbocycles. The molecule has 1 unspecified atom stereocenters. The number of aryl methyl sites for hydroxylation is 1. The molecule has 3 heterocycles. The van der Waals surface area contributed by atoms with Crippen LogP contribution in [0.15, 0.2) is 42.7 Å². The van der Waals surface area contributed by atoms with Gasteiger partial charge < -0.3 is 19.9 Å². The number of anilines is 1. The third-order valence-corrected chi connectivity index (χ3v) is 5.79. The van der Waals surface area contributed by atoms with Crippen LogP contribution in [-0.4, -0.2) is 51.4 Å². The molecule has 10 heteroatoms. The molecule has 1 atom stereocenters. The van der Waals surface area contributed by atoms with E-state index in [1.807, 2.05) is 29.2 Å². The van der Waals surface area contributed by atoms with E-state index >= 15 is 0 Å². The highest BCUT2D eigenvalue weighted by Gasteiger charge is 2.57. The molecule has 0 aliphatic carbocycles. The summed E-state index contributed by atoms with van der Waals surface area (Å²) < 4.78 is 42.2. The van der Waals surface area contributed by atoms with E-state index in [1.54, 1.807) is 6.07 Å². The Labute approximate surface area is 182 Å². The monoisotopic (exact) mass is 447 g/mol. The molecule has 4 rings (SSSR count). The van der Waals surface area contributed by atoms with Crippen molar-refractivity contribution in [2.24, 2.45) is 7.05 Å². The standard InChI is InChI=1S/C22H24F3N5O2/c1-29-13-10-27-20(29)21(32,22(23,24)25)8-9-26-19(31)16-14-15-6-2-3-7-17(15)28-18(16)30-11-4-5-12-30/h2-3,6-7,10,13-14,32H,4-5,8-9,11-12H2,1H3,(H,26,31). The first-order valence-corrected chi connectivity index (χ1v) is 10.4. The van der Waals surface area contributed by atoms with Crippen molar-refractivity contribution >= 4 is 22.6 Å². The average molecular weight is 447 g/mol. The van der Waals surface area contributed by atoms with Gasteiger partial charge in [0.05, 0.1) is 11.1 Å². The van der Waals surface area contributed by atoms with Gasteiger partial charge >= 0.3 is 6.18 Å². The number of imidazole rings is 1. The number of carbonyl (C=O) groups excluding carboxylic acids is 1. The predicted octanol–water partition coefficient (Wildman–Crippen LogP) is 3.14. The van der Waals surface area contributed by atoms with E-state index < -0.39 is 36.5 Å². The number of rotatable bonds is 6. The molecule has 170 valence electrons. The molecule has 1 saturated heterocycles. The smallest absolute Gasteiger partial charge is 0.374 e. The van der Waals surface area contributed by atoms with Crippen LogP contribution in [0.4, 0.5) is 19.0 Å². The lowest BCUT2D eigenvalue weighted by atomic mass is 9.97. The van der Waals surface area contributed by atoms with Crippen molar-refractivity contribution in [3.8, 4) is 0 Å². The molecule has 2 aromatic heterocycles. The lowest BCUT2D eigenvalue weighted by molar-refractivity contribution is -0.272. The number of para-hydroxylation sites is 1. The molecule has 7 nitrogen and oxygen atoms in total. The van der Waals surface area contributed by atoms with Gasteiger partial charge in [-0.25, -0.2) is 9.97 Å². The fraction of sp³-hybridized carbons (Fsp3) is 0.409. The van der Waals surface area contributed by atoms with Crippen molar-refractivity contribution in [1.82, 2.24) is 19.9 Å². The molecule has 1 aliphatic heterocycles. The zero-order valence-electron chi connectivity index (χ0n) is 17.6. The maximum Gasteiger partial charge on any atom is 0.424 e. The summed E-state index contributed by atoms with van der Waals surface area (Å²) in [7, 11) is 1.38. The Balaban J connectivity index is 1.57. The van der Waals surface area contributed by atoms with E-state index in [2.05, 4.69) is 15.3 Å². The number of benzene rings is 1. The number of aliphatic hydroxyl groups is 1. The maximum absolute atomic E-state index is 13.7. The number of hydrogen-bond acceptors (Lipinski definition) is 5. The number of alkyl halides is 3. The molecule has 2 N–H and O–H groups in total. The maximum atomic E-state index is 13.7. The van der Waals surface area contributed by atoms with E-state index in [4.69, 9.17) is 0 Å². The summed E-state index contributed by atoms with van der Waals surface area (Å²) in [6.07, 6.45) is -1.24. The second-order valence-electron chi connectivity index (χ2n) is 7.97. The first-order chi connectivity index (χ1) is 15.2. The second kappa shape index (κ2) is 8.42. The van der Waals surface area contributed by atoms with E-state index in [0.717, 1.165) is 41.4 Å². The fourth-order valence-corrected chi connectivity index (χ4v) is 4.04. The minimum absolute atomic E-state index is 0.304. The van der Waals surface area contributed by atoms with Crippen molar-refractivity contribution in [3.05, 3.63) is 54.1 Å². The molecule has 3 aromatic rings. The van der Waals surface area contributed by atoms with Gasteiger partial charge in [0.15, 0.2) is 0 Å². The summed E-state index contributed by atoms with van der Waals surface area (Å²) in [4.78, 5) is 23.3. The summed E-state index contributed by atoms with van der Waals surface area (Å²) in [5.74, 6) is -0.534. The number of halogens is 3. The van der Waals surface area contributed by atoms with Crippen LogP contribution in [-0.2, 0) is 12.6 Å². The van der Waals surface area contributed by atoms with Crippen LogP contribution in [0.1, 0.15) is 35.4 Å². The van der Waals surface area contributed by atoms with Gasteiger partial charge in [-0.2, -0.15) is 13.2 Å². The number of pyridine rings is 1. The van der Waals surface area contributed by atoms with Gasteiger partial charge in [-0.1, -0.05) is 18.2 Å². The number of aromatic nitrogens is 3. The molecular formula is C22H24F3N5O2. The molecule has 0 bridgehead atoms. The van der Waals surface area contributed by atoms with E-state index in [9.17, 15) is 23.1 Å². The normalized spacial score (nSPS) is 16.3. The lowest BCUT2D eigenvalue weighted by Gasteiger charge is -2.30. The molecule has 32 heavy (non-hydrogen) atoms. The summed E-state index contributed by atoms with van der Waals surface area (Å²) in [5, 5.41) is 13.8. The summed E-state index contributed by atoms with van der Waals surface area (Å²) in [6.45, 7) is 1.13. The number of amides is 1. The second-order valence-corrected chi connectivity index (χ2v) is 7.97. The van der Waals surface area contributed by atoms with Crippen molar-refractivity contribution in [2.75, 3.05) is 24.5 Å². The third-order valence-electron chi connectivity index (χ3n) is 5.79. The number of fused-ring (bicyclic) bond motifs is 1. The Bertz CT molecular complexity index is 1120. The molecule has 1 aromatic carbocycles. The van der Waals surface area contributed by atoms with Gasteiger partial charge in [0.1, 0.15) is 11.6 Å². The summed E-state index contributed by atoms with van der Waals surface area (Å²) >= 11 is 0. The van der Waals surface area contributed by atoms with E-state index in [-0.39, 0.29) is 0 Å². The van der Waals surface area contributed by atoms with Gasteiger partial charge in [-0.05, 0) is 25.0 Å². The quantitative estimate of drug-likeness (QED) is 0.607. The summed E-state index contributed by atoms with van der Waals surface area (Å²) in [5.41, 5.74) is -2.14.